The van der Waals surface area contributed by atoms with E-state index in [9.17, 15) is 4.79 Å². The lowest BCUT2D eigenvalue weighted by Crippen LogP contribution is -2.48. The van der Waals surface area contributed by atoms with Crippen LogP contribution in [-0.2, 0) is 11.8 Å². The molecule has 0 saturated carbocycles. The molecule has 1 N–H and O–H groups in total. The number of amides is 1. The molecule has 0 radical (unpaired) electrons. The van der Waals surface area contributed by atoms with Crippen LogP contribution >= 0.6 is 0 Å². The summed E-state index contributed by atoms with van der Waals surface area (Å²) in [6.07, 6.45) is 4.97. The number of ether oxygens (including phenoxy) is 2. The van der Waals surface area contributed by atoms with E-state index in [0.717, 1.165) is 12.2 Å². The van der Waals surface area contributed by atoms with E-state index < -0.39 is 0 Å². The Labute approximate surface area is 146 Å². The quantitative estimate of drug-likeness (QED) is 0.856. The summed E-state index contributed by atoms with van der Waals surface area (Å²) in [5.41, 5.74) is 1.55. The number of rotatable bonds is 5. The number of pyridine rings is 1. The highest BCUT2D eigenvalue weighted by Crippen LogP contribution is 2.27. The molecule has 2 aromatic rings. The predicted octanol–water partition coefficient (Wildman–Crippen LogP) is 0.625. The Kier molecular flexibility index (Phi) is 5.30. The molecule has 0 aromatic carbocycles. The van der Waals surface area contributed by atoms with E-state index >= 15 is 0 Å². The van der Waals surface area contributed by atoms with Crippen LogP contribution in [0.5, 0.6) is 5.88 Å². The summed E-state index contributed by atoms with van der Waals surface area (Å²) in [5, 5.41) is 2.94. The molecule has 1 aliphatic heterocycles. The topological polar surface area (TPSA) is 81.5 Å². The Morgan fingerprint density at radius 2 is 2.24 bits per heavy atom. The van der Waals surface area contributed by atoms with Crippen molar-refractivity contribution in [2.45, 2.75) is 12.1 Å². The SMILES string of the molecule is COc1ccc(C(=O)NC[C@@H]2OCCN(C)[C@H]2c2cncn2C)cn1. The molecule has 2 atom stereocenters. The molecule has 1 amide bonds. The van der Waals surface area contributed by atoms with Crippen molar-refractivity contribution in [3.63, 3.8) is 0 Å². The van der Waals surface area contributed by atoms with Gasteiger partial charge in [0.2, 0.25) is 5.88 Å². The third kappa shape index (κ3) is 3.80. The van der Waals surface area contributed by atoms with E-state index in [1.54, 1.807) is 18.5 Å². The number of nitrogens with zero attached hydrogens (tertiary/aromatic N) is 4. The van der Waals surface area contributed by atoms with Crippen molar-refractivity contribution >= 4 is 5.91 Å². The summed E-state index contributed by atoms with van der Waals surface area (Å²) in [6, 6.07) is 3.39. The van der Waals surface area contributed by atoms with Crippen molar-refractivity contribution in [3.8, 4) is 5.88 Å². The third-order valence-corrected chi connectivity index (χ3v) is 4.43. The van der Waals surface area contributed by atoms with Crippen molar-refractivity contribution in [3.05, 3.63) is 42.1 Å². The van der Waals surface area contributed by atoms with Crippen molar-refractivity contribution in [1.82, 2.24) is 24.8 Å². The first-order valence-corrected chi connectivity index (χ1v) is 8.16. The summed E-state index contributed by atoms with van der Waals surface area (Å²) >= 11 is 0. The fraction of sp³-hybridized carbons (Fsp3) is 0.471. The molecule has 8 nitrogen and oxygen atoms in total. The molecule has 1 fully saturated rings. The van der Waals surface area contributed by atoms with Gasteiger partial charge in [-0.3, -0.25) is 9.69 Å². The molecule has 134 valence electrons. The molecule has 25 heavy (non-hydrogen) atoms. The maximum Gasteiger partial charge on any atom is 0.252 e. The fourth-order valence-electron chi connectivity index (χ4n) is 3.03. The molecular weight excluding hydrogens is 322 g/mol. The van der Waals surface area contributed by atoms with Crippen LogP contribution in [0, 0.1) is 0 Å². The smallest absolute Gasteiger partial charge is 0.252 e. The van der Waals surface area contributed by atoms with Gasteiger partial charge in [-0.2, -0.15) is 0 Å². The Morgan fingerprint density at radius 3 is 2.88 bits per heavy atom. The lowest BCUT2D eigenvalue weighted by Gasteiger charge is -2.39. The van der Waals surface area contributed by atoms with Gasteiger partial charge in [0, 0.05) is 38.6 Å². The monoisotopic (exact) mass is 345 g/mol. The summed E-state index contributed by atoms with van der Waals surface area (Å²) in [5.74, 6) is 0.292. The van der Waals surface area contributed by atoms with Gasteiger partial charge in [-0.1, -0.05) is 0 Å². The van der Waals surface area contributed by atoms with Crippen LogP contribution < -0.4 is 10.1 Å². The molecule has 0 bridgehead atoms. The molecule has 0 unspecified atom stereocenters. The number of aryl methyl sites for hydroxylation is 1. The van der Waals surface area contributed by atoms with Gasteiger partial charge in [0.15, 0.2) is 0 Å². The van der Waals surface area contributed by atoms with Crippen LogP contribution in [0.3, 0.4) is 0 Å². The molecule has 3 heterocycles. The highest BCUT2D eigenvalue weighted by molar-refractivity contribution is 5.93. The average Bonchev–Trinajstić information content (AvgIpc) is 3.05. The average molecular weight is 345 g/mol. The number of hydrogen-bond acceptors (Lipinski definition) is 6. The van der Waals surface area contributed by atoms with Crippen LogP contribution in [0.25, 0.3) is 0 Å². The number of likely N-dealkylation sites (N-methyl/N-ethyl adjacent to an activating group) is 1. The summed E-state index contributed by atoms with van der Waals surface area (Å²) in [4.78, 5) is 22.8. The minimum Gasteiger partial charge on any atom is -0.481 e. The van der Waals surface area contributed by atoms with Gasteiger partial charge in [0.1, 0.15) is 0 Å². The molecule has 3 rings (SSSR count). The van der Waals surface area contributed by atoms with Gasteiger partial charge in [0.25, 0.3) is 5.91 Å². The van der Waals surface area contributed by atoms with Crippen LogP contribution in [0.15, 0.2) is 30.9 Å². The van der Waals surface area contributed by atoms with Gasteiger partial charge in [0.05, 0.1) is 43.4 Å². The number of hydrogen-bond donors (Lipinski definition) is 1. The Morgan fingerprint density at radius 1 is 1.40 bits per heavy atom. The zero-order valence-corrected chi connectivity index (χ0v) is 14.7. The van der Waals surface area contributed by atoms with Crippen LogP contribution in [0.2, 0.25) is 0 Å². The number of morpholine rings is 1. The summed E-state index contributed by atoms with van der Waals surface area (Å²) in [6.45, 7) is 1.88. The zero-order valence-electron chi connectivity index (χ0n) is 14.7. The van der Waals surface area contributed by atoms with E-state index in [2.05, 4.69) is 27.2 Å². The summed E-state index contributed by atoms with van der Waals surface area (Å²) in [7, 11) is 5.56. The van der Waals surface area contributed by atoms with Crippen LogP contribution in [0.4, 0.5) is 0 Å². The predicted molar refractivity (Wildman–Crippen MR) is 91.4 cm³/mol. The lowest BCUT2D eigenvalue weighted by molar-refractivity contribution is -0.0626. The van der Waals surface area contributed by atoms with Gasteiger partial charge < -0.3 is 19.4 Å². The van der Waals surface area contributed by atoms with Gasteiger partial charge in [-0.25, -0.2) is 9.97 Å². The minimum absolute atomic E-state index is 0.0375. The first kappa shape index (κ1) is 17.4. The van der Waals surface area contributed by atoms with E-state index in [0.29, 0.717) is 24.6 Å². The maximum atomic E-state index is 12.3. The zero-order chi connectivity index (χ0) is 17.8. The van der Waals surface area contributed by atoms with E-state index in [1.807, 2.05) is 17.8 Å². The van der Waals surface area contributed by atoms with E-state index in [4.69, 9.17) is 9.47 Å². The Balaban J connectivity index is 1.67. The molecule has 1 saturated heterocycles. The number of carbonyl (C=O) groups excluding carboxylic acids is 1. The van der Waals surface area contributed by atoms with Gasteiger partial charge >= 0.3 is 0 Å². The largest absolute Gasteiger partial charge is 0.481 e. The molecule has 2 aromatic heterocycles. The number of aromatic nitrogens is 3. The molecular formula is C17H23N5O3. The van der Waals surface area contributed by atoms with Crippen molar-refractivity contribution in [1.29, 1.82) is 0 Å². The van der Waals surface area contributed by atoms with Crippen molar-refractivity contribution in [2.24, 2.45) is 7.05 Å². The van der Waals surface area contributed by atoms with E-state index in [1.165, 1.54) is 13.3 Å². The molecule has 0 aliphatic carbocycles. The Bertz CT molecular complexity index is 715. The van der Waals surface area contributed by atoms with Crippen LogP contribution in [-0.4, -0.2) is 65.3 Å². The second-order valence-corrected chi connectivity index (χ2v) is 6.06. The normalized spacial score (nSPS) is 21.1. The highest BCUT2D eigenvalue weighted by atomic mass is 16.5. The number of methoxy groups -OCH3 is 1. The molecule has 0 spiro atoms. The fourth-order valence-corrected chi connectivity index (χ4v) is 3.03. The molecule has 1 aliphatic rings. The highest BCUT2D eigenvalue weighted by Gasteiger charge is 2.33. The Hall–Kier alpha value is -2.45. The van der Waals surface area contributed by atoms with Crippen molar-refractivity contribution in [2.75, 3.05) is 33.9 Å². The second-order valence-electron chi connectivity index (χ2n) is 6.06. The number of carbonyl (C=O) groups is 1. The first-order valence-electron chi connectivity index (χ1n) is 8.16. The summed E-state index contributed by atoms with van der Waals surface area (Å²) < 4.78 is 12.9. The first-order chi connectivity index (χ1) is 12.1. The van der Waals surface area contributed by atoms with Gasteiger partial charge in [-0.15, -0.1) is 0 Å². The lowest BCUT2D eigenvalue weighted by atomic mass is 10.0. The van der Waals surface area contributed by atoms with Gasteiger partial charge in [-0.05, 0) is 13.1 Å². The standard InChI is InChI=1S/C17H23N5O3/c1-21-6-7-25-14(16(21)13-9-18-11-22(13)2)10-20-17(23)12-4-5-15(24-3)19-8-12/h4-5,8-9,11,14,16H,6-7,10H2,1-3H3,(H,20,23)/t14-,16-/m0/s1. The third-order valence-electron chi connectivity index (χ3n) is 4.43. The van der Waals surface area contributed by atoms with Crippen LogP contribution in [0.1, 0.15) is 22.1 Å². The van der Waals surface area contributed by atoms with E-state index in [-0.39, 0.29) is 18.1 Å². The molecule has 8 heteroatoms. The second kappa shape index (κ2) is 7.62. The minimum atomic E-state index is -0.185. The number of imidazole rings is 1. The van der Waals surface area contributed by atoms with Crippen molar-refractivity contribution < 1.29 is 14.3 Å². The number of nitrogens with one attached hydrogen (secondary N) is 1. The maximum absolute atomic E-state index is 12.3.